The molecule has 0 atom stereocenters. The SMILES string of the molecule is CCOCC(=O)NCc1cc2n(n1)CCCN(S(C)(=O)=O)C2. The molecule has 0 spiro atoms. The Labute approximate surface area is 130 Å². The van der Waals surface area contributed by atoms with Gasteiger partial charge in [-0.2, -0.15) is 9.40 Å². The Morgan fingerprint density at radius 1 is 1.45 bits per heavy atom. The van der Waals surface area contributed by atoms with Gasteiger partial charge in [0, 0.05) is 19.7 Å². The largest absolute Gasteiger partial charge is 0.372 e. The number of amides is 1. The molecule has 9 heteroatoms. The van der Waals surface area contributed by atoms with E-state index < -0.39 is 10.0 Å². The van der Waals surface area contributed by atoms with E-state index in [1.165, 1.54) is 10.6 Å². The number of ether oxygens (including phenoxy) is 1. The lowest BCUT2D eigenvalue weighted by Gasteiger charge is -2.16. The maximum absolute atomic E-state index is 11.7. The highest BCUT2D eigenvalue weighted by molar-refractivity contribution is 7.88. The van der Waals surface area contributed by atoms with E-state index >= 15 is 0 Å². The summed E-state index contributed by atoms with van der Waals surface area (Å²) in [5, 5.41) is 7.15. The fraction of sp³-hybridized carbons (Fsp3) is 0.692. The van der Waals surface area contributed by atoms with Crippen molar-refractivity contribution in [3.63, 3.8) is 0 Å². The number of sulfonamides is 1. The number of aryl methyl sites for hydroxylation is 1. The fourth-order valence-electron chi connectivity index (χ4n) is 2.30. The first-order valence-electron chi connectivity index (χ1n) is 7.25. The van der Waals surface area contributed by atoms with Gasteiger partial charge in [0.15, 0.2) is 0 Å². The zero-order valence-corrected chi connectivity index (χ0v) is 13.7. The van der Waals surface area contributed by atoms with Crippen LogP contribution in [0.5, 0.6) is 0 Å². The molecule has 22 heavy (non-hydrogen) atoms. The fourth-order valence-corrected chi connectivity index (χ4v) is 3.12. The van der Waals surface area contributed by atoms with Crippen LogP contribution in [-0.2, 0) is 39.2 Å². The summed E-state index contributed by atoms with van der Waals surface area (Å²) in [5.74, 6) is -0.192. The monoisotopic (exact) mass is 330 g/mol. The van der Waals surface area contributed by atoms with Crippen LogP contribution in [0.15, 0.2) is 6.07 Å². The third-order valence-corrected chi connectivity index (χ3v) is 4.65. The summed E-state index contributed by atoms with van der Waals surface area (Å²) in [4.78, 5) is 11.5. The Balaban J connectivity index is 1.99. The van der Waals surface area contributed by atoms with Crippen molar-refractivity contribution < 1.29 is 17.9 Å². The molecule has 2 heterocycles. The van der Waals surface area contributed by atoms with Gasteiger partial charge in [0.25, 0.3) is 0 Å². The van der Waals surface area contributed by atoms with E-state index in [1.54, 1.807) is 0 Å². The molecule has 0 aliphatic carbocycles. The standard InChI is InChI=1S/C13H22N4O4S/c1-3-21-10-13(18)14-8-11-7-12-9-16(22(2,19)20)5-4-6-17(12)15-11/h7H,3-6,8-10H2,1-2H3,(H,14,18). The zero-order chi connectivity index (χ0) is 16.2. The third-order valence-electron chi connectivity index (χ3n) is 3.40. The zero-order valence-electron chi connectivity index (χ0n) is 12.9. The van der Waals surface area contributed by atoms with Crippen molar-refractivity contribution in [2.24, 2.45) is 0 Å². The van der Waals surface area contributed by atoms with Gasteiger partial charge >= 0.3 is 0 Å². The average Bonchev–Trinajstić information content (AvgIpc) is 2.72. The summed E-state index contributed by atoms with van der Waals surface area (Å²) in [6, 6.07) is 1.84. The molecule has 1 aliphatic heterocycles. The van der Waals surface area contributed by atoms with Crippen molar-refractivity contribution in [1.29, 1.82) is 0 Å². The number of fused-ring (bicyclic) bond motifs is 1. The Bertz CT molecular complexity index is 626. The molecule has 0 unspecified atom stereocenters. The van der Waals surface area contributed by atoms with Crippen LogP contribution >= 0.6 is 0 Å². The van der Waals surface area contributed by atoms with Crippen LogP contribution < -0.4 is 5.32 Å². The lowest BCUT2D eigenvalue weighted by atomic mass is 10.3. The normalized spacial score (nSPS) is 16.1. The first-order valence-corrected chi connectivity index (χ1v) is 9.10. The molecule has 8 nitrogen and oxygen atoms in total. The highest BCUT2D eigenvalue weighted by atomic mass is 32.2. The van der Waals surface area contributed by atoms with Crippen molar-refractivity contribution in [3.8, 4) is 0 Å². The summed E-state index contributed by atoms with van der Waals surface area (Å²) < 4.78 is 31.7. The van der Waals surface area contributed by atoms with Gasteiger partial charge in [0.2, 0.25) is 15.9 Å². The third kappa shape index (κ3) is 4.52. The Morgan fingerprint density at radius 2 is 2.23 bits per heavy atom. The van der Waals surface area contributed by atoms with Crippen LogP contribution in [-0.4, -0.2) is 54.4 Å². The molecule has 1 aromatic heterocycles. The van der Waals surface area contributed by atoms with Crippen molar-refractivity contribution in [3.05, 3.63) is 17.5 Å². The second kappa shape index (κ2) is 7.21. The molecule has 0 radical (unpaired) electrons. The van der Waals surface area contributed by atoms with E-state index in [9.17, 15) is 13.2 Å². The van der Waals surface area contributed by atoms with Gasteiger partial charge in [-0.05, 0) is 19.4 Å². The average molecular weight is 330 g/mol. The van der Waals surface area contributed by atoms with Crippen molar-refractivity contribution in [2.45, 2.75) is 33.0 Å². The van der Waals surface area contributed by atoms with Gasteiger partial charge in [0.1, 0.15) is 6.61 Å². The first-order chi connectivity index (χ1) is 10.4. The lowest BCUT2D eigenvalue weighted by molar-refractivity contribution is -0.125. The smallest absolute Gasteiger partial charge is 0.246 e. The van der Waals surface area contributed by atoms with Gasteiger partial charge in [-0.1, -0.05) is 0 Å². The highest BCUT2D eigenvalue weighted by Gasteiger charge is 2.22. The van der Waals surface area contributed by atoms with Crippen molar-refractivity contribution in [2.75, 3.05) is 26.0 Å². The molecule has 1 amide bonds. The number of nitrogens with zero attached hydrogens (tertiary/aromatic N) is 3. The van der Waals surface area contributed by atoms with E-state index in [1.807, 2.05) is 17.7 Å². The van der Waals surface area contributed by atoms with E-state index in [4.69, 9.17) is 4.74 Å². The van der Waals surface area contributed by atoms with Crippen LogP contribution in [0.2, 0.25) is 0 Å². The quantitative estimate of drug-likeness (QED) is 0.773. The molecule has 0 aromatic carbocycles. The van der Waals surface area contributed by atoms with E-state index in [0.717, 1.165) is 17.8 Å². The maximum atomic E-state index is 11.7. The molecule has 1 aromatic rings. The van der Waals surface area contributed by atoms with Gasteiger partial charge in [-0.25, -0.2) is 8.42 Å². The molecule has 1 N–H and O–H groups in total. The number of rotatable bonds is 6. The second-order valence-corrected chi connectivity index (χ2v) is 7.20. The van der Waals surface area contributed by atoms with Gasteiger partial charge in [-0.3, -0.25) is 9.48 Å². The molecule has 0 saturated heterocycles. The molecule has 0 bridgehead atoms. The number of hydrogen-bond acceptors (Lipinski definition) is 5. The molecule has 0 saturated carbocycles. The van der Waals surface area contributed by atoms with Crippen LogP contribution in [0.3, 0.4) is 0 Å². The van der Waals surface area contributed by atoms with Crippen LogP contribution in [0.25, 0.3) is 0 Å². The predicted octanol–water partition coefficient (Wildman–Crippen LogP) is -0.299. The summed E-state index contributed by atoms with van der Waals surface area (Å²) in [5.41, 5.74) is 1.56. The van der Waals surface area contributed by atoms with E-state index in [-0.39, 0.29) is 12.5 Å². The van der Waals surface area contributed by atoms with Crippen molar-refractivity contribution in [1.82, 2.24) is 19.4 Å². The Kier molecular flexibility index (Phi) is 5.54. The minimum atomic E-state index is -3.21. The minimum Gasteiger partial charge on any atom is -0.372 e. The second-order valence-electron chi connectivity index (χ2n) is 5.21. The molecule has 2 rings (SSSR count). The number of nitrogens with one attached hydrogen (secondary N) is 1. The maximum Gasteiger partial charge on any atom is 0.246 e. The lowest BCUT2D eigenvalue weighted by Crippen LogP contribution is -2.29. The Hall–Kier alpha value is -1.45. The van der Waals surface area contributed by atoms with Crippen LogP contribution in [0, 0.1) is 0 Å². The molecular weight excluding hydrogens is 308 g/mol. The summed E-state index contributed by atoms with van der Waals surface area (Å²) in [6.07, 6.45) is 1.94. The number of carbonyl (C=O) groups is 1. The van der Waals surface area contributed by atoms with Crippen LogP contribution in [0.4, 0.5) is 0 Å². The number of hydrogen-bond donors (Lipinski definition) is 1. The predicted molar refractivity (Wildman–Crippen MR) is 80.4 cm³/mol. The molecule has 124 valence electrons. The number of carbonyl (C=O) groups excluding carboxylic acids is 1. The minimum absolute atomic E-state index is 0.0337. The van der Waals surface area contributed by atoms with Gasteiger partial charge in [0.05, 0.1) is 30.7 Å². The molecular formula is C13H22N4O4S. The van der Waals surface area contributed by atoms with Gasteiger partial charge < -0.3 is 10.1 Å². The highest BCUT2D eigenvalue weighted by Crippen LogP contribution is 2.16. The molecule has 0 fully saturated rings. The van der Waals surface area contributed by atoms with E-state index in [0.29, 0.717) is 32.8 Å². The topological polar surface area (TPSA) is 93.5 Å². The van der Waals surface area contributed by atoms with Crippen molar-refractivity contribution >= 4 is 15.9 Å². The van der Waals surface area contributed by atoms with E-state index in [2.05, 4.69) is 10.4 Å². The summed E-state index contributed by atoms with van der Waals surface area (Å²) >= 11 is 0. The van der Waals surface area contributed by atoms with Crippen LogP contribution in [0.1, 0.15) is 24.7 Å². The number of aromatic nitrogens is 2. The first kappa shape index (κ1) is 16.9. The molecule has 1 aliphatic rings. The summed E-state index contributed by atoms with van der Waals surface area (Å²) in [6.45, 7) is 4.16. The Morgan fingerprint density at radius 3 is 2.91 bits per heavy atom. The van der Waals surface area contributed by atoms with Gasteiger partial charge in [-0.15, -0.1) is 0 Å². The summed E-state index contributed by atoms with van der Waals surface area (Å²) in [7, 11) is -3.21.